The molecule has 1 aromatic rings. The topological polar surface area (TPSA) is 28.7 Å². The Morgan fingerprint density at radius 2 is 2.20 bits per heavy atom. The highest BCUT2D eigenvalue weighted by Gasteiger charge is 2.20. The molecule has 0 saturated carbocycles. The Bertz CT molecular complexity index is 260. The van der Waals surface area contributed by atoms with Crippen LogP contribution in [0, 0.1) is 5.92 Å². The Morgan fingerprint density at radius 1 is 1.47 bits per heavy atom. The molecule has 1 rings (SSSR count). The first kappa shape index (κ1) is 12.9. The van der Waals surface area contributed by atoms with E-state index in [0.717, 1.165) is 25.0 Å². The van der Waals surface area contributed by atoms with Gasteiger partial charge in [0.2, 0.25) is 0 Å². The minimum absolute atomic E-state index is 0.136. The van der Waals surface area contributed by atoms with Gasteiger partial charge in [-0.1, -0.05) is 13.3 Å². The SMILES string of the molecule is CCC(CC(C)Cl)C(Cl)Cc1ccn[nH]1. The van der Waals surface area contributed by atoms with E-state index in [1.165, 1.54) is 0 Å². The number of nitrogens with zero attached hydrogens (tertiary/aromatic N) is 1. The lowest BCUT2D eigenvalue weighted by Gasteiger charge is -2.21. The molecule has 0 aliphatic rings. The van der Waals surface area contributed by atoms with E-state index in [-0.39, 0.29) is 10.8 Å². The molecule has 0 saturated heterocycles. The van der Waals surface area contributed by atoms with Crippen LogP contribution in [-0.2, 0) is 6.42 Å². The molecule has 0 spiro atoms. The van der Waals surface area contributed by atoms with Crippen molar-refractivity contribution in [3.05, 3.63) is 18.0 Å². The Hall–Kier alpha value is -0.210. The van der Waals surface area contributed by atoms with Crippen molar-refractivity contribution in [3.8, 4) is 0 Å². The van der Waals surface area contributed by atoms with Crippen LogP contribution in [0.15, 0.2) is 12.3 Å². The lowest BCUT2D eigenvalue weighted by atomic mass is 9.94. The molecular formula is C11H18Cl2N2. The quantitative estimate of drug-likeness (QED) is 0.766. The standard InChI is InChI=1S/C11H18Cl2N2/c1-3-9(6-8(2)12)11(13)7-10-4-5-14-15-10/h4-5,8-9,11H,3,6-7H2,1-2H3,(H,14,15). The molecule has 0 bridgehead atoms. The third kappa shape index (κ3) is 4.43. The largest absolute Gasteiger partial charge is 0.283 e. The number of halogens is 2. The molecule has 3 unspecified atom stereocenters. The van der Waals surface area contributed by atoms with Crippen LogP contribution in [0.1, 0.15) is 32.4 Å². The molecule has 1 N–H and O–H groups in total. The summed E-state index contributed by atoms with van der Waals surface area (Å²) in [4.78, 5) is 0. The number of nitrogens with one attached hydrogen (secondary N) is 1. The van der Waals surface area contributed by atoms with Gasteiger partial charge in [0.1, 0.15) is 0 Å². The van der Waals surface area contributed by atoms with Crippen LogP contribution < -0.4 is 0 Å². The summed E-state index contributed by atoms with van der Waals surface area (Å²) in [7, 11) is 0. The average molecular weight is 249 g/mol. The summed E-state index contributed by atoms with van der Waals surface area (Å²) in [6.45, 7) is 4.18. The van der Waals surface area contributed by atoms with Crippen molar-refractivity contribution >= 4 is 23.2 Å². The molecule has 1 heterocycles. The minimum atomic E-state index is 0.136. The van der Waals surface area contributed by atoms with Crippen molar-refractivity contribution in [2.24, 2.45) is 5.92 Å². The average Bonchev–Trinajstić information content (AvgIpc) is 2.66. The van der Waals surface area contributed by atoms with Gasteiger partial charge >= 0.3 is 0 Å². The van der Waals surface area contributed by atoms with Crippen molar-refractivity contribution in [2.45, 2.75) is 43.9 Å². The number of H-pyrrole nitrogens is 1. The maximum atomic E-state index is 6.38. The van der Waals surface area contributed by atoms with Crippen LogP contribution in [0.3, 0.4) is 0 Å². The van der Waals surface area contributed by atoms with E-state index in [0.29, 0.717) is 5.92 Å². The fourth-order valence-electron chi connectivity index (χ4n) is 1.76. The molecule has 0 aliphatic carbocycles. The zero-order chi connectivity index (χ0) is 11.3. The lowest BCUT2D eigenvalue weighted by Crippen LogP contribution is -2.19. The van der Waals surface area contributed by atoms with E-state index < -0.39 is 0 Å². The van der Waals surface area contributed by atoms with Crippen LogP contribution in [0.4, 0.5) is 0 Å². The maximum absolute atomic E-state index is 6.38. The zero-order valence-corrected chi connectivity index (χ0v) is 10.7. The molecule has 3 atom stereocenters. The molecule has 0 amide bonds. The normalized spacial score (nSPS) is 17.3. The second kappa shape index (κ2) is 6.39. The highest BCUT2D eigenvalue weighted by atomic mass is 35.5. The van der Waals surface area contributed by atoms with Gasteiger partial charge in [-0.15, -0.1) is 23.2 Å². The lowest BCUT2D eigenvalue weighted by molar-refractivity contribution is 0.440. The van der Waals surface area contributed by atoms with Crippen molar-refractivity contribution < 1.29 is 0 Å². The smallest absolute Gasteiger partial charge is 0.0490 e. The summed E-state index contributed by atoms with van der Waals surface area (Å²) in [6.07, 6.45) is 4.63. The molecule has 0 aliphatic heterocycles. The number of rotatable bonds is 6. The van der Waals surface area contributed by atoms with Gasteiger partial charge in [0.15, 0.2) is 0 Å². The van der Waals surface area contributed by atoms with E-state index in [1.54, 1.807) is 6.20 Å². The van der Waals surface area contributed by atoms with Gasteiger partial charge in [0.05, 0.1) is 0 Å². The number of aromatic nitrogens is 2. The molecule has 4 heteroatoms. The molecule has 15 heavy (non-hydrogen) atoms. The second-order valence-corrected chi connectivity index (χ2v) is 5.29. The van der Waals surface area contributed by atoms with E-state index in [4.69, 9.17) is 23.2 Å². The Balaban J connectivity index is 2.46. The molecule has 0 fully saturated rings. The zero-order valence-electron chi connectivity index (χ0n) is 9.21. The van der Waals surface area contributed by atoms with E-state index in [9.17, 15) is 0 Å². The van der Waals surface area contributed by atoms with Gasteiger partial charge in [-0.05, 0) is 25.3 Å². The first-order valence-electron chi connectivity index (χ1n) is 5.39. The summed E-state index contributed by atoms with van der Waals surface area (Å²) in [6, 6.07) is 1.96. The van der Waals surface area contributed by atoms with Crippen molar-refractivity contribution in [2.75, 3.05) is 0 Å². The number of alkyl halides is 2. The van der Waals surface area contributed by atoms with Gasteiger partial charge in [0.25, 0.3) is 0 Å². The van der Waals surface area contributed by atoms with Gasteiger partial charge in [-0.25, -0.2) is 0 Å². The van der Waals surface area contributed by atoms with Crippen LogP contribution in [0.25, 0.3) is 0 Å². The summed E-state index contributed by atoms with van der Waals surface area (Å²) < 4.78 is 0. The number of aromatic amines is 1. The fourth-order valence-corrected chi connectivity index (χ4v) is 2.44. The molecule has 2 nitrogen and oxygen atoms in total. The van der Waals surface area contributed by atoms with Gasteiger partial charge in [0, 0.05) is 29.1 Å². The van der Waals surface area contributed by atoms with Crippen molar-refractivity contribution in [1.29, 1.82) is 0 Å². The summed E-state index contributed by atoms with van der Waals surface area (Å²) in [5, 5.41) is 7.17. The van der Waals surface area contributed by atoms with Crippen LogP contribution in [0.5, 0.6) is 0 Å². The van der Waals surface area contributed by atoms with E-state index in [2.05, 4.69) is 17.1 Å². The molecule has 86 valence electrons. The second-order valence-electron chi connectivity index (χ2n) is 3.99. The molecule has 0 radical (unpaired) electrons. The number of hydrogen-bond donors (Lipinski definition) is 1. The Labute approximate surface area is 101 Å². The maximum Gasteiger partial charge on any atom is 0.0490 e. The first-order valence-corrected chi connectivity index (χ1v) is 6.27. The first-order chi connectivity index (χ1) is 7.13. The third-order valence-corrected chi connectivity index (χ3v) is 3.33. The molecule has 1 aromatic heterocycles. The van der Waals surface area contributed by atoms with Crippen LogP contribution in [0.2, 0.25) is 0 Å². The van der Waals surface area contributed by atoms with Gasteiger partial charge in [-0.3, -0.25) is 5.10 Å². The third-order valence-electron chi connectivity index (χ3n) is 2.64. The number of hydrogen-bond acceptors (Lipinski definition) is 1. The van der Waals surface area contributed by atoms with Gasteiger partial charge < -0.3 is 0 Å². The highest BCUT2D eigenvalue weighted by molar-refractivity contribution is 6.21. The summed E-state index contributed by atoms with van der Waals surface area (Å²) in [5.74, 6) is 0.475. The van der Waals surface area contributed by atoms with Gasteiger partial charge in [-0.2, -0.15) is 5.10 Å². The Kier molecular flexibility index (Phi) is 5.48. The predicted octanol–water partition coefficient (Wildman–Crippen LogP) is 3.60. The predicted molar refractivity (Wildman–Crippen MR) is 65.6 cm³/mol. The summed E-state index contributed by atoms with van der Waals surface area (Å²) in [5.41, 5.74) is 1.09. The molecular weight excluding hydrogens is 231 g/mol. The van der Waals surface area contributed by atoms with Crippen LogP contribution >= 0.6 is 23.2 Å². The monoisotopic (exact) mass is 248 g/mol. The summed E-state index contributed by atoms with van der Waals surface area (Å²) >= 11 is 12.4. The highest BCUT2D eigenvalue weighted by Crippen LogP contribution is 2.24. The fraction of sp³-hybridized carbons (Fsp3) is 0.727. The van der Waals surface area contributed by atoms with Crippen molar-refractivity contribution in [3.63, 3.8) is 0 Å². The van der Waals surface area contributed by atoms with Crippen molar-refractivity contribution in [1.82, 2.24) is 10.2 Å². The minimum Gasteiger partial charge on any atom is -0.283 e. The molecule has 0 aromatic carbocycles. The van der Waals surface area contributed by atoms with E-state index in [1.807, 2.05) is 13.0 Å². The van der Waals surface area contributed by atoms with E-state index >= 15 is 0 Å². The Morgan fingerprint density at radius 3 is 2.67 bits per heavy atom. The van der Waals surface area contributed by atoms with Crippen LogP contribution in [-0.4, -0.2) is 21.0 Å².